The van der Waals surface area contributed by atoms with E-state index < -0.39 is 0 Å². The molecular formula is C12H20N4. The Hall–Kier alpha value is -1.29. The van der Waals surface area contributed by atoms with Gasteiger partial charge in [0.05, 0.1) is 11.9 Å². The van der Waals surface area contributed by atoms with Gasteiger partial charge in [0.2, 0.25) is 0 Å². The Balaban J connectivity index is 1.69. The standard InChI is InChI=1S/C12H20N4/c13-12-2-1-11(9-16-12)15-8-5-10-3-6-14-7-4-10/h1-2,9-10,14-15H,3-8H2,(H2,13,16). The van der Waals surface area contributed by atoms with Crippen molar-refractivity contribution in [1.29, 1.82) is 0 Å². The maximum Gasteiger partial charge on any atom is 0.123 e. The first-order valence-corrected chi connectivity index (χ1v) is 6.01. The molecule has 0 aromatic carbocycles. The molecule has 1 aromatic heterocycles. The zero-order valence-electron chi connectivity index (χ0n) is 9.58. The summed E-state index contributed by atoms with van der Waals surface area (Å²) in [4.78, 5) is 4.05. The van der Waals surface area contributed by atoms with Gasteiger partial charge in [-0.05, 0) is 50.4 Å². The Kier molecular flexibility index (Phi) is 3.99. The van der Waals surface area contributed by atoms with Gasteiger partial charge < -0.3 is 16.4 Å². The molecule has 1 aromatic rings. The van der Waals surface area contributed by atoms with Crippen molar-refractivity contribution in [3.05, 3.63) is 18.3 Å². The van der Waals surface area contributed by atoms with Crippen LogP contribution in [0.15, 0.2) is 18.3 Å². The molecule has 4 N–H and O–H groups in total. The first-order valence-electron chi connectivity index (χ1n) is 6.01. The van der Waals surface area contributed by atoms with Gasteiger partial charge in [0, 0.05) is 6.54 Å². The van der Waals surface area contributed by atoms with Crippen LogP contribution in [0.1, 0.15) is 19.3 Å². The van der Waals surface area contributed by atoms with E-state index in [1.54, 1.807) is 6.20 Å². The zero-order chi connectivity index (χ0) is 11.2. The highest BCUT2D eigenvalue weighted by Crippen LogP contribution is 2.16. The summed E-state index contributed by atoms with van der Waals surface area (Å²) in [6, 6.07) is 3.80. The van der Waals surface area contributed by atoms with Crippen LogP contribution in [-0.4, -0.2) is 24.6 Å². The van der Waals surface area contributed by atoms with Crippen molar-refractivity contribution in [2.75, 3.05) is 30.7 Å². The number of hydrogen-bond acceptors (Lipinski definition) is 4. The topological polar surface area (TPSA) is 63.0 Å². The lowest BCUT2D eigenvalue weighted by atomic mass is 9.95. The van der Waals surface area contributed by atoms with Crippen molar-refractivity contribution in [3.8, 4) is 0 Å². The molecule has 4 nitrogen and oxygen atoms in total. The fraction of sp³-hybridized carbons (Fsp3) is 0.583. The SMILES string of the molecule is Nc1ccc(NCCC2CCNCC2)cn1. The molecule has 2 heterocycles. The van der Waals surface area contributed by atoms with Crippen LogP contribution in [0.5, 0.6) is 0 Å². The molecule has 0 saturated carbocycles. The number of nitrogen functional groups attached to an aromatic ring is 1. The first kappa shape index (κ1) is 11.2. The molecule has 0 atom stereocenters. The van der Waals surface area contributed by atoms with Gasteiger partial charge in [0.25, 0.3) is 0 Å². The third-order valence-corrected chi connectivity index (χ3v) is 3.13. The maximum absolute atomic E-state index is 5.53. The van der Waals surface area contributed by atoms with Gasteiger partial charge in [-0.15, -0.1) is 0 Å². The molecule has 1 aliphatic rings. The Morgan fingerprint density at radius 2 is 2.19 bits per heavy atom. The molecule has 0 unspecified atom stereocenters. The zero-order valence-corrected chi connectivity index (χ0v) is 9.58. The van der Waals surface area contributed by atoms with Crippen molar-refractivity contribution in [3.63, 3.8) is 0 Å². The monoisotopic (exact) mass is 220 g/mol. The van der Waals surface area contributed by atoms with Crippen molar-refractivity contribution >= 4 is 11.5 Å². The average Bonchev–Trinajstić information content (AvgIpc) is 2.33. The van der Waals surface area contributed by atoms with E-state index in [1.807, 2.05) is 12.1 Å². The Labute approximate surface area is 96.6 Å². The van der Waals surface area contributed by atoms with E-state index in [0.717, 1.165) is 18.2 Å². The Morgan fingerprint density at radius 3 is 2.88 bits per heavy atom. The quantitative estimate of drug-likeness (QED) is 0.719. The van der Waals surface area contributed by atoms with Crippen LogP contribution in [0.3, 0.4) is 0 Å². The molecule has 4 heteroatoms. The summed E-state index contributed by atoms with van der Waals surface area (Å²) in [7, 11) is 0. The lowest BCUT2D eigenvalue weighted by Crippen LogP contribution is -2.28. The molecule has 0 bridgehead atoms. The van der Waals surface area contributed by atoms with Crippen LogP contribution in [0.4, 0.5) is 11.5 Å². The predicted octanol–water partition coefficient (Wildman–Crippen LogP) is 1.47. The smallest absolute Gasteiger partial charge is 0.123 e. The summed E-state index contributed by atoms with van der Waals surface area (Å²) >= 11 is 0. The van der Waals surface area contributed by atoms with E-state index in [1.165, 1.54) is 32.4 Å². The van der Waals surface area contributed by atoms with Crippen molar-refractivity contribution in [2.45, 2.75) is 19.3 Å². The van der Waals surface area contributed by atoms with Crippen molar-refractivity contribution < 1.29 is 0 Å². The molecule has 1 aliphatic heterocycles. The molecule has 16 heavy (non-hydrogen) atoms. The lowest BCUT2D eigenvalue weighted by Gasteiger charge is -2.22. The number of nitrogens with one attached hydrogen (secondary N) is 2. The molecule has 0 amide bonds. The fourth-order valence-electron chi connectivity index (χ4n) is 2.10. The van der Waals surface area contributed by atoms with Crippen LogP contribution >= 0.6 is 0 Å². The number of nitrogens with two attached hydrogens (primary N) is 1. The average molecular weight is 220 g/mol. The van der Waals surface area contributed by atoms with Gasteiger partial charge in [-0.25, -0.2) is 4.98 Å². The second kappa shape index (κ2) is 5.70. The van der Waals surface area contributed by atoms with Crippen LogP contribution in [0, 0.1) is 5.92 Å². The fourth-order valence-corrected chi connectivity index (χ4v) is 2.10. The van der Waals surface area contributed by atoms with Gasteiger partial charge >= 0.3 is 0 Å². The second-order valence-corrected chi connectivity index (χ2v) is 4.38. The highest BCUT2D eigenvalue weighted by molar-refractivity contribution is 5.45. The molecule has 0 radical (unpaired) electrons. The number of rotatable bonds is 4. The van der Waals surface area contributed by atoms with Crippen LogP contribution in [0.2, 0.25) is 0 Å². The van der Waals surface area contributed by atoms with Crippen LogP contribution in [-0.2, 0) is 0 Å². The molecule has 0 aliphatic carbocycles. The van der Waals surface area contributed by atoms with Gasteiger partial charge in [0.1, 0.15) is 5.82 Å². The minimum atomic E-state index is 0.573. The number of aromatic nitrogens is 1. The Bertz CT molecular complexity index is 303. The number of piperidine rings is 1. The van der Waals surface area contributed by atoms with E-state index in [2.05, 4.69) is 15.6 Å². The highest BCUT2D eigenvalue weighted by atomic mass is 14.9. The van der Waals surface area contributed by atoms with Crippen LogP contribution < -0.4 is 16.4 Å². The summed E-state index contributed by atoms with van der Waals surface area (Å²) in [5.41, 5.74) is 6.58. The van der Waals surface area contributed by atoms with Gasteiger partial charge in [-0.1, -0.05) is 0 Å². The van der Waals surface area contributed by atoms with Gasteiger partial charge in [-0.2, -0.15) is 0 Å². The molecule has 1 fully saturated rings. The summed E-state index contributed by atoms with van der Waals surface area (Å²) in [6.45, 7) is 3.37. The van der Waals surface area contributed by atoms with E-state index >= 15 is 0 Å². The molecule has 88 valence electrons. The minimum Gasteiger partial charge on any atom is -0.384 e. The van der Waals surface area contributed by atoms with E-state index in [0.29, 0.717) is 5.82 Å². The normalized spacial score (nSPS) is 17.2. The predicted molar refractivity (Wildman–Crippen MR) is 67.3 cm³/mol. The summed E-state index contributed by atoms with van der Waals surface area (Å²) < 4.78 is 0. The Morgan fingerprint density at radius 1 is 1.38 bits per heavy atom. The summed E-state index contributed by atoms with van der Waals surface area (Å²) in [5.74, 6) is 1.44. The second-order valence-electron chi connectivity index (χ2n) is 4.38. The minimum absolute atomic E-state index is 0.573. The maximum atomic E-state index is 5.53. The number of pyridine rings is 1. The number of hydrogen-bond donors (Lipinski definition) is 3. The molecule has 0 spiro atoms. The van der Waals surface area contributed by atoms with Crippen molar-refractivity contribution in [1.82, 2.24) is 10.3 Å². The summed E-state index contributed by atoms with van der Waals surface area (Å²) in [6.07, 6.45) is 5.65. The largest absolute Gasteiger partial charge is 0.384 e. The summed E-state index contributed by atoms with van der Waals surface area (Å²) in [5, 5.41) is 6.77. The van der Waals surface area contributed by atoms with E-state index in [9.17, 15) is 0 Å². The molecule has 2 rings (SSSR count). The lowest BCUT2D eigenvalue weighted by molar-refractivity contribution is 0.361. The van der Waals surface area contributed by atoms with Crippen LogP contribution in [0.25, 0.3) is 0 Å². The first-order chi connectivity index (χ1) is 7.84. The highest BCUT2D eigenvalue weighted by Gasteiger charge is 2.11. The van der Waals surface area contributed by atoms with Crippen molar-refractivity contribution in [2.24, 2.45) is 5.92 Å². The number of anilines is 2. The molecular weight excluding hydrogens is 200 g/mol. The van der Waals surface area contributed by atoms with Gasteiger partial charge in [0.15, 0.2) is 0 Å². The van der Waals surface area contributed by atoms with E-state index in [4.69, 9.17) is 5.73 Å². The number of nitrogens with zero attached hydrogens (tertiary/aromatic N) is 1. The van der Waals surface area contributed by atoms with E-state index in [-0.39, 0.29) is 0 Å². The third kappa shape index (κ3) is 3.38. The molecule has 1 saturated heterocycles. The third-order valence-electron chi connectivity index (χ3n) is 3.13. The van der Waals surface area contributed by atoms with Gasteiger partial charge in [-0.3, -0.25) is 0 Å².